The maximum absolute atomic E-state index is 13.6. The van der Waals surface area contributed by atoms with Crippen LogP contribution < -0.4 is 21.3 Å². The van der Waals surface area contributed by atoms with Crippen molar-refractivity contribution in [3.05, 3.63) is 48.6 Å². The second-order valence-corrected chi connectivity index (χ2v) is 23.8. The van der Waals surface area contributed by atoms with Gasteiger partial charge in [0.25, 0.3) is 0 Å². The van der Waals surface area contributed by atoms with Crippen molar-refractivity contribution in [3.63, 3.8) is 0 Å². The van der Waals surface area contributed by atoms with E-state index in [4.69, 9.17) is 37.9 Å². The van der Waals surface area contributed by atoms with Crippen molar-refractivity contribution in [3.8, 4) is 0 Å². The van der Waals surface area contributed by atoms with E-state index in [0.717, 1.165) is 103 Å². The first-order chi connectivity index (χ1) is 44.2. The first kappa shape index (κ1) is 85.3. The summed E-state index contributed by atoms with van der Waals surface area (Å²) >= 11 is 0. The number of carbonyl (C=O) groups is 10. The van der Waals surface area contributed by atoms with Crippen LogP contribution in [0.5, 0.6) is 0 Å². The lowest BCUT2D eigenvalue weighted by Gasteiger charge is -2.25. The molecule has 0 aliphatic heterocycles. The molecule has 0 heterocycles. The van der Waals surface area contributed by atoms with Gasteiger partial charge in [0.1, 0.15) is 26.4 Å². The van der Waals surface area contributed by atoms with E-state index in [1.807, 2.05) is 0 Å². The average Bonchev–Trinajstić information content (AvgIpc) is 1.13. The van der Waals surface area contributed by atoms with Gasteiger partial charge >= 0.3 is 59.8 Å². The van der Waals surface area contributed by atoms with Gasteiger partial charge in [-0.3, -0.25) is 0 Å². The monoisotopic (exact) mass is 1300 g/mol. The van der Waals surface area contributed by atoms with Gasteiger partial charge < -0.3 is 59.2 Å². The Morgan fingerprint density at radius 1 is 0.283 bits per heavy atom. The Kier molecular flexibility index (Phi) is 52.8. The highest BCUT2D eigenvalue weighted by molar-refractivity contribution is 5.95. The van der Waals surface area contributed by atoms with Crippen LogP contribution in [-0.2, 0) is 76.3 Å². The lowest BCUT2D eigenvalue weighted by Crippen LogP contribution is -2.56. The molecule has 0 spiro atoms. The second kappa shape index (κ2) is 57.0. The van der Waals surface area contributed by atoms with Crippen LogP contribution in [0, 0.1) is 0 Å². The van der Waals surface area contributed by atoms with Crippen LogP contribution in [0.2, 0.25) is 0 Å². The highest BCUT2D eigenvalue weighted by Gasteiger charge is 2.42. The van der Waals surface area contributed by atoms with Crippen molar-refractivity contribution >= 4 is 59.8 Å². The van der Waals surface area contributed by atoms with E-state index >= 15 is 0 Å². The molecule has 22 heteroatoms. The molecule has 0 saturated heterocycles. The maximum atomic E-state index is 13.6. The van der Waals surface area contributed by atoms with E-state index in [2.05, 4.69) is 61.4 Å². The Morgan fingerprint density at radius 3 is 0.772 bits per heavy atom. The number of ether oxygens (including phenoxy) is 8. The van der Waals surface area contributed by atoms with E-state index in [-0.39, 0.29) is 61.8 Å². The molecule has 4 amide bonds. The third-order valence-corrected chi connectivity index (χ3v) is 14.8. The molecule has 526 valence electrons. The van der Waals surface area contributed by atoms with Crippen LogP contribution in [-0.4, -0.2) is 137 Å². The van der Waals surface area contributed by atoms with Crippen molar-refractivity contribution in [1.29, 1.82) is 0 Å². The van der Waals surface area contributed by atoms with Crippen LogP contribution in [0.3, 0.4) is 0 Å². The summed E-state index contributed by atoms with van der Waals surface area (Å²) in [5.41, 5.74) is 0.114. The zero-order valence-corrected chi connectivity index (χ0v) is 57.2. The molecular weight excluding hydrogens is 1180 g/mol. The molecule has 2 unspecified atom stereocenters. The van der Waals surface area contributed by atoms with Gasteiger partial charge in [0, 0.05) is 35.4 Å². The molecule has 0 radical (unpaired) electrons. The van der Waals surface area contributed by atoms with Gasteiger partial charge in [0.05, 0.1) is 13.2 Å². The largest absolute Gasteiger partial charge is 0.464 e. The number of amides is 4. The molecule has 0 aliphatic rings. The predicted octanol–water partition coefficient (Wildman–Crippen LogP) is 13.0. The summed E-state index contributed by atoms with van der Waals surface area (Å²) in [6.07, 6.45) is 31.1. The summed E-state index contributed by atoms with van der Waals surface area (Å²) in [5.74, 6) is -7.80. The Balaban J connectivity index is 5.28. The SMILES string of the molecule is C=C(C)C(=O)OCCOC(=O)C(OC(=O)C(=C)C)[C@H](NC(=O)NCCCCCCCCCCCCNC(=O)N[C@H](C(=O)OCCCCCCCCCCCCCC)C(OC(=O)C(=C)C)C(=O)OCCOC(=O)C(=C)C)C(=O)OCCCCCCCCCCCCCC. The van der Waals surface area contributed by atoms with Crippen LogP contribution >= 0.6 is 0 Å². The molecule has 0 aliphatic carbocycles. The second-order valence-electron chi connectivity index (χ2n) is 23.8. The van der Waals surface area contributed by atoms with Gasteiger partial charge in [-0.25, -0.2) is 47.9 Å². The van der Waals surface area contributed by atoms with Crippen molar-refractivity contribution in [1.82, 2.24) is 21.3 Å². The first-order valence-corrected chi connectivity index (χ1v) is 34.3. The molecule has 0 aromatic heterocycles. The van der Waals surface area contributed by atoms with E-state index in [1.54, 1.807) is 0 Å². The quantitative estimate of drug-likeness (QED) is 0.0190. The highest BCUT2D eigenvalue weighted by Crippen LogP contribution is 2.17. The van der Waals surface area contributed by atoms with Gasteiger partial charge in [-0.05, 0) is 53.4 Å². The van der Waals surface area contributed by atoms with E-state index < -0.39 is 97.3 Å². The number of unbranched alkanes of at least 4 members (excludes halogenated alkanes) is 31. The standard InChI is InChI=1S/C70H118N4O18/c1-11-13-15-17-19-21-23-27-31-35-39-43-47-85-65(79)57(59(91-63(77)55(7)8)67(81)89-51-49-87-61(75)53(3)4)73-69(83)71-45-41-37-33-29-25-26-30-34-38-42-46-72-70(84)74-58(66(80)86-48-44-40-36-32-28-24-22-20-18-16-14-12-2)60(92-64(78)56(9)10)68(82)90-52-50-88-62(76)54(5)6/h57-60H,3,5,7,9,11-52H2,1-2,4,6,8,10H3,(H2,71,73,83)(H2,72,74,84)/t57-,58-,59?,60?/m0/s1. The van der Waals surface area contributed by atoms with E-state index in [1.165, 1.54) is 118 Å². The normalized spacial score (nSPS) is 12.1. The molecule has 0 aromatic rings. The fourth-order valence-electron chi connectivity index (χ4n) is 9.28. The van der Waals surface area contributed by atoms with Gasteiger partial charge in [0.2, 0.25) is 12.2 Å². The molecule has 0 rings (SSSR count). The van der Waals surface area contributed by atoms with Crippen molar-refractivity contribution in [2.75, 3.05) is 52.7 Å². The number of urea groups is 2. The average molecular weight is 1300 g/mol. The van der Waals surface area contributed by atoms with Crippen LogP contribution in [0.15, 0.2) is 48.6 Å². The third kappa shape index (κ3) is 46.3. The molecule has 22 nitrogen and oxygen atoms in total. The molecule has 4 N–H and O–H groups in total. The molecule has 0 fully saturated rings. The van der Waals surface area contributed by atoms with Gasteiger partial charge in [-0.15, -0.1) is 0 Å². The summed E-state index contributed by atoms with van der Waals surface area (Å²) in [6.45, 7) is 23.1. The molecular formula is C70H118N4O18. The smallest absolute Gasteiger partial charge is 0.350 e. The number of rotatable bonds is 59. The minimum Gasteiger partial charge on any atom is -0.464 e. The van der Waals surface area contributed by atoms with Gasteiger partial charge in [-0.2, -0.15) is 0 Å². The number of esters is 8. The van der Waals surface area contributed by atoms with Gasteiger partial charge in [-0.1, -0.05) is 233 Å². The van der Waals surface area contributed by atoms with Crippen LogP contribution in [0.4, 0.5) is 9.59 Å². The van der Waals surface area contributed by atoms with Crippen LogP contribution in [0.1, 0.15) is 260 Å². The number of carbonyl (C=O) groups excluding carboxylic acids is 10. The minimum absolute atomic E-state index is 0.00867. The fraction of sp³-hybridized carbons (Fsp3) is 0.743. The predicted molar refractivity (Wildman–Crippen MR) is 354 cm³/mol. The Hall–Kier alpha value is -6.74. The fourth-order valence-corrected chi connectivity index (χ4v) is 9.28. The molecule has 92 heavy (non-hydrogen) atoms. The molecule has 0 aromatic carbocycles. The summed E-state index contributed by atoms with van der Waals surface area (Å²) < 4.78 is 42.3. The Morgan fingerprint density at radius 2 is 0.511 bits per heavy atom. The summed E-state index contributed by atoms with van der Waals surface area (Å²) in [4.78, 5) is 130. The maximum Gasteiger partial charge on any atom is 0.350 e. The number of nitrogens with one attached hydrogen (secondary N) is 4. The van der Waals surface area contributed by atoms with E-state index in [9.17, 15) is 47.9 Å². The van der Waals surface area contributed by atoms with Crippen molar-refractivity contribution in [2.24, 2.45) is 0 Å². The minimum atomic E-state index is -1.96. The highest BCUT2D eigenvalue weighted by atomic mass is 16.6. The summed E-state index contributed by atoms with van der Waals surface area (Å²) in [5, 5.41) is 10.3. The molecule has 0 saturated carbocycles. The number of hydrogen-bond donors (Lipinski definition) is 4. The zero-order chi connectivity index (χ0) is 68.6. The van der Waals surface area contributed by atoms with Crippen molar-refractivity contribution < 1.29 is 85.8 Å². The Bertz CT molecular complexity index is 2050. The first-order valence-electron chi connectivity index (χ1n) is 34.3. The number of hydrogen-bond acceptors (Lipinski definition) is 18. The lowest BCUT2D eigenvalue weighted by molar-refractivity contribution is -0.173. The molecule has 4 atom stereocenters. The van der Waals surface area contributed by atoms with Crippen LogP contribution in [0.25, 0.3) is 0 Å². The third-order valence-electron chi connectivity index (χ3n) is 14.8. The summed E-state index contributed by atoms with van der Waals surface area (Å²) in [6, 6.07) is -5.18. The summed E-state index contributed by atoms with van der Waals surface area (Å²) in [7, 11) is 0. The Labute approximate surface area is 550 Å². The van der Waals surface area contributed by atoms with Gasteiger partial charge in [0.15, 0.2) is 12.1 Å². The van der Waals surface area contributed by atoms with E-state index in [0.29, 0.717) is 25.7 Å². The molecule has 0 bridgehead atoms. The topological polar surface area (TPSA) is 293 Å². The lowest BCUT2D eigenvalue weighted by atomic mass is 10.1. The zero-order valence-electron chi connectivity index (χ0n) is 57.2. The van der Waals surface area contributed by atoms with Crippen molar-refractivity contribution in [2.45, 2.75) is 284 Å².